The average Bonchev–Trinajstić information content (AvgIpc) is 3.53. The van der Waals surface area contributed by atoms with E-state index in [4.69, 9.17) is 0 Å². The van der Waals surface area contributed by atoms with Gasteiger partial charge in [-0.1, -0.05) is 80.1 Å². The van der Waals surface area contributed by atoms with Crippen molar-refractivity contribution in [1.82, 2.24) is 29.8 Å². The van der Waals surface area contributed by atoms with Gasteiger partial charge in [-0.2, -0.15) is 0 Å². The maximum absolute atomic E-state index is 13.5. The Morgan fingerprint density at radius 2 is 1.64 bits per heavy atom. The predicted molar refractivity (Wildman–Crippen MR) is 135 cm³/mol. The normalized spacial score (nSPS) is 11.0. The van der Waals surface area contributed by atoms with Crippen LogP contribution in [0.3, 0.4) is 0 Å². The summed E-state index contributed by atoms with van der Waals surface area (Å²) in [5.41, 5.74) is 4.40. The molecule has 5 rings (SSSR count). The first kappa shape index (κ1) is 23.0. The number of carbonyl (C=O) groups is 1. The minimum Gasteiger partial charge on any atom is -0.477 e. The third kappa shape index (κ3) is 4.22. The van der Waals surface area contributed by atoms with Crippen molar-refractivity contribution in [3.63, 3.8) is 0 Å². The first-order chi connectivity index (χ1) is 17.6. The number of nitrogens with zero attached hydrogens (tertiary/aromatic N) is 5. The monoisotopic (exact) mass is 480 g/mol. The van der Waals surface area contributed by atoms with Crippen LogP contribution in [-0.2, 0) is 13.0 Å². The summed E-state index contributed by atoms with van der Waals surface area (Å²) < 4.78 is 2.87. The number of nitrogens with one attached hydrogen (secondary N) is 1. The molecule has 0 spiro atoms. The van der Waals surface area contributed by atoms with E-state index in [1.54, 1.807) is 28.8 Å². The van der Waals surface area contributed by atoms with E-state index in [0.29, 0.717) is 30.0 Å². The van der Waals surface area contributed by atoms with Crippen LogP contribution in [0.5, 0.6) is 0 Å². The molecular formula is C27H24N6O3. The van der Waals surface area contributed by atoms with Crippen molar-refractivity contribution in [2.75, 3.05) is 0 Å². The number of tetrazole rings is 1. The second-order valence-electron chi connectivity index (χ2n) is 8.38. The van der Waals surface area contributed by atoms with Gasteiger partial charge in [-0.05, 0) is 45.7 Å². The highest BCUT2D eigenvalue weighted by Gasteiger charge is 2.25. The molecule has 0 fully saturated rings. The molecule has 0 amide bonds. The van der Waals surface area contributed by atoms with Crippen LogP contribution in [0, 0.1) is 0 Å². The van der Waals surface area contributed by atoms with Crippen molar-refractivity contribution in [3.05, 3.63) is 106 Å². The number of carboxylic acids is 1. The molecule has 0 aliphatic heterocycles. The lowest BCUT2D eigenvalue weighted by Gasteiger charge is -2.10. The zero-order valence-corrected chi connectivity index (χ0v) is 19.6. The second kappa shape index (κ2) is 9.83. The fourth-order valence-corrected chi connectivity index (χ4v) is 4.46. The van der Waals surface area contributed by atoms with Crippen molar-refractivity contribution in [1.29, 1.82) is 0 Å². The minimum absolute atomic E-state index is 0.0132. The number of carboxylic acid groups (broad SMARTS) is 1. The van der Waals surface area contributed by atoms with Gasteiger partial charge in [0, 0.05) is 5.56 Å². The molecule has 0 aliphatic carbocycles. The van der Waals surface area contributed by atoms with Crippen LogP contribution < -0.4 is 5.69 Å². The molecule has 36 heavy (non-hydrogen) atoms. The minimum atomic E-state index is -1.12. The molecule has 9 nitrogen and oxygen atoms in total. The topological polar surface area (TPSA) is 119 Å². The molecule has 0 unspecified atom stereocenters. The second-order valence-corrected chi connectivity index (χ2v) is 8.38. The van der Waals surface area contributed by atoms with Gasteiger partial charge < -0.3 is 5.11 Å². The van der Waals surface area contributed by atoms with Crippen LogP contribution >= 0.6 is 0 Å². The number of benzene rings is 3. The highest BCUT2D eigenvalue weighted by atomic mass is 16.4. The maximum atomic E-state index is 13.5. The zero-order chi connectivity index (χ0) is 25.1. The van der Waals surface area contributed by atoms with Gasteiger partial charge in [-0.15, -0.1) is 5.10 Å². The Kier molecular flexibility index (Phi) is 6.27. The molecule has 0 radical (unpaired) electrons. The van der Waals surface area contributed by atoms with E-state index >= 15 is 0 Å². The van der Waals surface area contributed by atoms with Gasteiger partial charge in [0.2, 0.25) is 0 Å². The summed E-state index contributed by atoms with van der Waals surface area (Å²) in [4.78, 5) is 25.7. The molecule has 0 atom stereocenters. The number of imidazole rings is 1. The lowest BCUT2D eigenvalue weighted by Crippen LogP contribution is -2.25. The summed E-state index contributed by atoms with van der Waals surface area (Å²) in [6, 6.07) is 24.6. The number of aromatic amines is 1. The summed E-state index contributed by atoms with van der Waals surface area (Å²) in [7, 11) is 0. The number of H-pyrrole nitrogens is 1. The number of rotatable bonds is 8. The molecule has 0 saturated carbocycles. The summed E-state index contributed by atoms with van der Waals surface area (Å²) in [6.45, 7) is 2.23. The van der Waals surface area contributed by atoms with Crippen LogP contribution in [0.15, 0.2) is 83.7 Å². The van der Waals surface area contributed by atoms with Gasteiger partial charge in [0.25, 0.3) is 0 Å². The van der Waals surface area contributed by atoms with Crippen LogP contribution in [0.2, 0.25) is 0 Å². The Labute approximate surface area is 206 Å². The molecular weight excluding hydrogens is 456 g/mol. The van der Waals surface area contributed by atoms with Crippen LogP contribution in [0.1, 0.15) is 35.1 Å². The van der Waals surface area contributed by atoms with Crippen LogP contribution in [-0.4, -0.2) is 40.8 Å². The molecule has 180 valence electrons. The molecule has 2 heterocycles. The van der Waals surface area contributed by atoms with Gasteiger partial charge >= 0.3 is 11.7 Å². The van der Waals surface area contributed by atoms with E-state index in [-0.39, 0.29) is 17.9 Å². The van der Waals surface area contributed by atoms with E-state index < -0.39 is 5.97 Å². The number of aromatic nitrogens is 6. The fraction of sp³-hybridized carbons (Fsp3) is 0.148. The fourth-order valence-electron chi connectivity index (χ4n) is 4.46. The summed E-state index contributed by atoms with van der Waals surface area (Å²) in [6.07, 6.45) is 1.19. The Bertz CT molecular complexity index is 1550. The van der Waals surface area contributed by atoms with Gasteiger partial charge in [0.15, 0.2) is 11.5 Å². The summed E-state index contributed by atoms with van der Waals surface area (Å²) in [5.74, 6) is -0.541. The molecule has 2 aromatic heterocycles. The van der Waals surface area contributed by atoms with Crippen molar-refractivity contribution in [2.45, 2.75) is 26.3 Å². The molecule has 5 aromatic rings. The Morgan fingerprint density at radius 3 is 2.28 bits per heavy atom. The van der Waals surface area contributed by atoms with Gasteiger partial charge in [-0.3, -0.25) is 9.13 Å². The summed E-state index contributed by atoms with van der Waals surface area (Å²) >= 11 is 0. The Hall–Kier alpha value is -4.79. The lowest BCUT2D eigenvalue weighted by atomic mass is 9.98. The molecule has 9 heteroatoms. The number of aromatic carboxylic acids is 1. The molecule has 2 N–H and O–H groups in total. The number of para-hydroxylation sites is 1. The van der Waals surface area contributed by atoms with Crippen molar-refractivity contribution in [2.24, 2.45) is 0 Å². The zero-order valence-electron chi connectivity index (χ0n) is 19.6. The quantitative estimate of drug-likeness (QED) is 0.344. The molecule has 0 bridgehead atoms. The third-order valence-corrected chi connectivity index (χ3v) is 6.08. The Morgan fingerprint density at radius 1 is 0.944 bits per heavy atom. The van der Waals surface area contributed by atoms with Gasteiger partial charge in [0.05, 0.1) is 17.9 Å². The van der Waals surface area contributed by atoms with Crippen molar-refractivity contribution < 1.29 is 9.90 Å². The van der Waals surface area contributed by atoms with Crippen LogP contribution in [0.4, 0.5) is 0 Å². The summed E-state index contributed by atoms with van der Waals surface area (Å²) in [5, 5.41) is 24.2. The van der Waals surface area contributed by atoms with E-state index in [1.165, 1.54) is 4.57 Å². The molecule has 3 aromatic carbocycles. The maximum Gasteiger partial charge on any atom is 0.354 e. The Balaban J connectivity index is 1.54. The van der Waals surface area contributed by atoms with E-state index in [0.717, 1.165) is 22.3 Å². The molecule has 0 aliphatic rings. The number of hydrogen-bond donors (Lipinski definition) is 2. The van der Waals surface area contributed by atoms with E-state index in [9.17, 15) is 14.7 Å². The lowest BCUT2D eigenvalue weighted by molar-refractivity contribution is 0.0686. The van der Waals surface area contributed by atoms with Crippen molar-refractivity contribution in [3.8, 4) is 28.2 Å². The van der Waals surface area contributed by atoms with Crippen molar-refractivity contribution >= 4 is 5.97 Å². The third-order valence-electron chi connectivity index (χ3n) is 6.08. The van der Waals surface area contributed by atoms with E-state index in [1.807, 2.05) is 61.5 Å². The van der Waals surface area contributed by atoms with E-state index in [2.05, 4.69) is 20.6 Å². The smallest absolute Gasteiger partial charge is 0.354 e. The SMILES string of the molecule is CCCc1c(C(=O)O)n(-c2ccccc2)c(=O)n1Cc1ccc(-c2ccccc2-c2nnn[nH]2)cc1. The highest BCUT2D eigenvalue weighted by Crippen LogP contribution is 2.30. The molecule has 0 saturated heterocycles. The van der Waals surface area contributed by atoms with Crippen LogP contribution in [0.25, 0.3) is 28.2 Å². The first-order valence-corrected chi connectivity index (χ1v) is 11.6. The average molecular weight is 481 g/mol. The standard InChI is InChI=1S/C27H24N6O3/c1-2-8-23-24(26(34)35)33(20-9-4-3-5-10-20)27(36)32(23)17-18-13-15-19(16-14-18)21-11-6-7-12-22(21)25-28-30-31-29-25/h3-7,9-16H,2,8,17H2,1H3,(H,34,35)(H,28,29,30,31). The predicted octanol–water partition coefficient (Wildman–Crippen LogP) is 4.19. The highest BCUT2D eigenvalue weighted by molar-refractivity contribution is 5.88. The van der Waals surface area contributed by atoms with Gasteiger partial charge in [-0.25, -0.2) is 14.7 Å². The van der Waals surface area contributed by atoms with Gasteiger partial charge in [0.1, 0.15) is 0 Å². The largest absolute Gasteiger partial charge is 0.477 e. The number of hydrogen-bond acceptors (Lipinski definition) is 5. The first-order valence-electron chi connectivity index (χ1n) is 11.6.